The molecule has 0 radical (unpaired) electrons. The summed E-state index contributed by atoms with van der Waals surface area (Å²) in [5.41, 5.74) is 0.964. The fraction of sp³-hybridized carbons (Fsp3) is 0.958. The minimum Gasteiger partial charge on any atom is -0.198 e. The van der Waals surface area contributed by atoms with Crippen LogP contribution in [0.5, 0.6) is 0 Å². The lowest BCUT2D eigenvalue weighted by Gasteiger charge is -2.61. The van der Waals surface area contributed by atoms with Crippen molar-refractivity contribution in [3.05, 3.63) is 0 Å². The molecule has 142 valence electrons. The number of nitriles is 1. The van der Waals surface area contributed by atoms with Crippen LogP contribution in [-0.4, -0.2) is 0 Å². The van der Waals surface area contributed by atoms with E-state index in [9.17, 15) is 5.26 Å². The summed E-state index contributed by atoms with van der Waals surface area (Å²) in [7, 11) is 0. The lowest BCUT2D eigenvalue weighted by molar-refractivity contribution is -0.124. The molecule has 0 amide bonds. The first-order chi connectivity index (χ1) is 12.0. The van der Waals surface area contributed by atoms with Gasteiger partial charge in [0.05, 0.1) is 12.0 Å². The molecule has 4 fully saturated rings. The first-order valence-corrected chi connectivity index (χ1v) is 11.4. The van der Waals surface area contributed by atoms with Gasteiger partial charge in [0.2, 0.25) is 0 Å². The lowest BCUT2D eigenvalue weighted by Crippen LogP contribution is -2.54. The van der Waals surface area contributed by atoms with Gasteiger partial charge >= 0.3 is 0 Å². The molecular weight excluding hydrogens is 302 g/mol. The highest BCUT2D eigenvalue weighted by atomic mass is 14.6. The Morgan fingerprint density at radius 3 is 2.20 bits per heavy atom. The van der Waals surface area contributed by atoms with Crippen molar-refractivity contribution in [1.29, 1.82) is 5.26 Å². The zero-order valence-electron chi connectivity index (χ0n) is 17.5. The van der Waals surface area contributed by atoms with Gasteiger partial charge < -0.3 is 0 Å². The molecule has 0 N–H and O–H groups in total. The second-order valence-electron chi connectivity index (χ2n) is 9.93. The van der Waals surface area contributed by atoms with Crippen LogP contribution in [0.2, 0.25) is 0 Å². The van der Waals surface area contributed by atoms with E-state index in [2.05, 4.69) is 26.8 Å². The van der Waals surface area contributed by atoms with Crippen molar-refractivity contribution in [1.82, 2.24) is 0 Å². The molecule has 0 bridgehead atoms. The summed E-state index contributed by atoms with van der Waals surface area (Å²) in [5, 5.41) is 9.62. The summed E-state index contributed by atoms with van der Waals surface area (Å²) in [5.74, 6) is 5.09. The third-order valence-corrected chi connectivity index (χ3v) is 9.48. The second kappa shape index (κ2) is 7.25. The molecule has 0 aliphatic heterocycles. The number of fused-ring (bicyclic) bond motifs is 5. The summed E-state index contributed by atoms with van der Waals surface area (Å²) in [6.07, 6.45) is 14.1. The highest BCUT2D eigenvalue weighted by molar-refractivity contribution is 5.12. The molecule has 4 saturated carbocycles. The van der Waals surface area contributed by atoms with E-state index in [-0.39, 0.29) is 0 Å². The molecule has 4 rings (SSSR count). The SMILES string of the molecule is CC.CCC1CCCC2(C)C1CCC1C3CCC(C#N)C3(C)CCC12. The Morgan fingerprint density at radius 1 is 0.840 bits per heavy atom. The van der Waals surface area contributed by atoms with Crippen LogP contribution in [-0.2, 0) is 0 Å². The lowest BCUT2D eigenvalue weighted by atomic mass is 9.43. The van der Waals surface area contributed by atoms with Crippen LogP contribution in [0.3, 0.4) is 0 Å². The molecule has 0 aromatic rings. The van der Waals surface area contributed by atoms with Crippen LogP contribution in [0.15, 0.2) is 0 Å². The Labute approximate surface area is 157 Å². The van der Waals surface area contributed by atoms with Crippen molar-refractivity contribution in [3.8, 4) is 6.07 Å². The number of hydrogen-bond acceptors (Lipinski definition) is 1. The quantitative estimate of drug-likeness (QED) is 0.493. The minimum absolute atomic E-state index is 0.341. The Bertz CT molecular complexity index is 505. The Balaban J connectivity index is 0.000000880. The Morgan fingerprint density at radius 2 is 1.52 bits per heavy atom. The van der Waals surface area contributed by atoms with E-state index in [1.807, 2.05) is 13.8 Å². The minimum atomic E-state index is 0.341. The summed E-state index contributed by atoms with van der Waals surface area (Å²) < 4.78 is 0. The van der Waals surface area contributed by atoms with Gasteiger partial charge in [-0.25, -0.2) is 0 Å². The van der Waals surface area contributed by atoms with Gasteiger partial charge in [0.15, 0.2) is 0 Å². The van der Waals surface area contributed by atoms with E-state index in [1.54, 1.807) is 0 Å². The average molecular weight is 344 g/mol. The van der Waals surface area contributed by atoms with Gasteiger partial charge in [0.25, 0.3) is 0 Å². The maximum atomic E-state index is 9.62. The Hall–Kier alpha value is -0.510. The van der Waals surface area contributed by atoms with Gasteiger partial charge in [-0.05, 0) is 85.4 Å². The highest BCUT2D eigenvalue weighted by Gasteiger charge is 2.60. The van der Waals surface area contributed by atoms with Crippen LogP contribution in [0.4, 0.5) is 0 Å². The molecule has 0 heterocycles. The van der Waals surface area contributed by atoms with Gasteiger partial charge in [0, 0.05) is 0 Å². The highest BCUT2D eigenvalue weighted by Crippen LogP contribution is 2.68. The fourth-order valence-corrected chi connectivity index (χ4v) is 8.28. The van der Waals surface area contributed by atoms with Crippen molar-refractivity contribution in [2.24, 2.45) is 46.3 Å². The fourth-order valence-electron chi connectivity index (χ4n) is 8.28. The van der Waals surface area contributed by atoms with Crippen LogP contribution in [0.1, 0.15) is 98.8 Å². The van der Waals surface area contributed by atoms with Crippen molar-refractivity contribution < 1.29 is 0 Å². The normalized spacial score (nSPS) is 51.2. The van der Waals surface area contributed by atoms with E-state index in [0.717, 1.165) is 29.6 Å². The van der Waals surface area contributed by atoms with Gasteiger partial charge in [-0.3, -0.25) is 0 Å². The summed E-state index contributed by atoms with van der Waals surface area (Å²) >= 11 is 0. The maximum Gasteiger partial charge on any atom is 0.0661 e. The summed E-state index contributed by atoms with van der Waals surface area (Å²) in [6, 6.07) is 2.68. The molecule has 0 saturated heterocycles. The zero-order chi connectivity index (χ0) is 18.2. The van der Waals surface area contributed by atoms with Crippen LogP contribution in [0.25, 0.3) is 0 Å². The van der Waals surface area contributed by atoms with Crippen molar-refractivity contribution in [3.63, 3.8) is 0 Å². The molecule has 0 aromatic heterocycles. The van der Waals surface area contributed by atoms with E-state index in [0.29, 0.717) is 16.7 Å². The van der Waals surface area contributed by atoms with Gasteiger partial charge in [0.1, 0.15) is 0 Å². The molecule has 8 unspecified atom stereocenters. The largest absolute Gasteiger partial charge is 0.198 e. The molecule has 4 aliphatic carbocycles. The van der Waals surface area contributed by atoms with Crippen LogP contribution < -0.4 is 0 Å². The van der Waals surface area contributed by atoms with E-state index in [4.69, 9.17) is 0 Å². The number of nitrogens with zero attached hydrogens (tertiary/aromatic N) is 1. The molecule has 1 heteroatoms. The monoisotopic (exact) mass is 343 g/mol. The Kier molecular flexibility index (Phi) is 5.58. The van der Waals surface area contributed by atoms with Crippen molar-refractivity contribution in [2.45, 2.75) is 98.8 Å². The topological polar surface area (TPSA) is 23.8 Å². The molecule has 8 atom stereocenters. The third kappa shape index (κ3) is 2.78. The predicted molar refractivity (Wildman–Crippen MR) is 106 cm³/mol. The third-order valence-electron chi connectivity index (χ3n) is 9.48. The summed E-state index contributed by atoms with van der Waals surface area (Å²) in [4.78, 5) is 0. The van der Waals surface area contributed by atoms with Crippen molar-refractivity contribution >= 4 is 0 Å². The molecule has 1 nitrogen and oxygen atoms in total. The number of rotatable bonds is 1. The predicted octanol–water partition coefficient (Wildman–Crippen LogP) is 7.22. The molecule has 0 spiro atoms. The number of hydrogen-bond donors (Lipinski definition) is 0. The molecular formula is C24H41N. The van der Waals surface area contributed by atoms with Crippen LogP contribution in [0, 0.1) is 57.7 Å². The average Bonchev–Trinajstić information content (AvgIpc) is 2.98. The molecule has 0 aromatic carbocycles. The van der Waals surface area contributed by atoms with E-state index in [1.165, 1.54) is 64.2 Å². The second-order valence-corrected chi connectivity index (χ2v) is 9.93. The maximum absolute atomic E-state index is 9.62. The summed E-state index contributed by atoms with van der Waals surface area (Å²) in [6.45, 7) is 11.6. The van der Waals surface area contributed by atoms with Gasteiger partial charge in [-0.1, -0.05) is 53.9 Å². The van der Waals surface area contributed by atoms with Gasteiger partial charge in [-0.2, -0.15) is 5.26 Å². The van der Waals surface area contributed by atoms with Crippen molar-refractivity contribution in [2.75, 3.05) is 0 Å². The van der Waals surface area contributed by atoms with E-state index >= 15 is 0 Å². The van der Waals surface area contributed by atoms with Gasteiger partial charge in [-0.15, -0.1) is 0 Å². The van der Waals surface area contributed by atoms with Crippen LogP contribution >= 0.6 is 0 Å². The van der Waals surface area contributed by atoms with E-state index < -0.39 is 0 Å². The standard InChI is InChI=1S/C22H35N.C2H6/c1-4-15-6-5-12-22(3)18(15)10-8-17-19-9-7-16(14-23)21(19,2)13-11-20(17)22;1-2/h15-20H,4-13H2,1-3H3;1-2H3. The zero-order valence-corrected chi connectivity index (χ0v) is 17.5. The molecule has 25 heavy (non-hydrogen) atoms. The first-order valence-electron chi connectivity index (χ1n) is 11.4. The first kappa shape index (κ1) is 19.3. The molecule has 4 aliphatic rings. The smallest absolute Gasteiger partial charge is 0.0661 e.